The maximum Gasteiger partial charge on any atom is 0.128 e. The molecule has 2 nitrogen and oxygen atoms in total. The molecular weight excluding hydrogens is 234 g/mol. The van der Waals surface area contributed by atoms with Crippen LogP contribution in [0.25, 0.3) is 0 Å². The Morgan fingerprint density at radius 1 is 1.35 bits per heavy atom. The number of halogens is 1. The first-order valence-corrected chi connectivity index (χ1v) is 6.75. The minimum atomic E-state index is -0.223. The molecule has 0 aromatic heterocycles. The van der Waals surface area contributed by atoms with Crippen LogP contribution in [0.1, 0.15) is 43.7 Å². The number of hydrogen-bond donors (Lipinski definition) is 1. The van der Waals surface area contributed by atoms with Crippen LogP contribution in [0.3, 0.4) is 0 Å². The topological polar surface area (TPSA) is 35.2 Å². The van der Waals surface area contributed by atoms with Gasteiger partial charge in [0.05, 0.1) is 0 Å². The molecule has 1 aliphatic carbocycles. The van der Waals surface area contributed by atoms with Crippen LogP contribution >= 0.6 is 11.6 Å². The van der Waals surface area contributed by atoms with E-state index in [1.807, 2.05) is 12.1 Å². The first-order chi connectivity index (χ1) is 8.08. The SMILES string of the molecule is CC1Cc2cc(Cl)cc(C3(N)CCCC3)c2O1. The molecule has 1 unspecified atom stereocenters. The lowest BCUT2D eigenvalue weighted by Gasteiger charge is -2.26. The zero-order valence-electron chi connectivity index (χ0n) is 10.1. The van der Waals surface area contributed by atoms with Crippen molar-refractivity contribution in [1.82, 2.24) is 0 Å². The van der Waals surface area contributed by atoms with Crippen LogP contribution in [0.4, 0.5) is 0 Å². The number of rotatable bonds is 1. The van der Waals surface area contributed by atoms with Crippen LogP contribution in [0.5, 0.6) is 5.75 Å². The van der Waals surface area contributed by atoms with Gasteiger partial charge >= 0.3 is 0 Å². The molecule has 1 aromatic rings. The van der Waals surface area contributed by atoms with Crippen LogP contribution in [0, 0.1) is 0 Å². The van der Waals surface area contributed by atoms with Gasteiger partial charge in [-0.05, 0) is 37.5 Å². The molecule has 1 saturated carbocycles. The second-order valence-electron chi connectivity index (χ2n) is 5.44. The van der Waals surface area contributed by atoms with Gasteiger partial charge in [-0.2, -0.15) is 0 Å². The molecule has 1 atom stereocenters. The number of nitrogens with two attached hydrogens (primary N) is 1. The van der Waals surface area contributed by atoms with Gasteiger partial charge in [0.2, 0.25) is 0 Å². The van der Waals surface area contributed by atoms with Gasteiger partial charge in [0.1, 0.15) is 11.9 Å². The monoisotopic (exact) mass is 251 g/mol. The van der Waals surface area contributed by atoms with Gasteiger partial charge in [-0.1, -0.05) is 24.4 Å². The van der Waals surface area contributed by atoms with E-state index in [2.05, 4.69) is 6.92 Å². The summed E-state index contributed by atoms with van der Waals surface area (Å²) in [7, 11) is 0. The van der Waals surface area contributed by atoms with Crippen LogP contribution < -0.4 is 10.5 Å². The standard InChI is InChI=1S/C14H18ClNO/c1-9-6-10-7-11(15)8-12(13(10)17-9)14(16)4-2-3-5-14/h7-9H,2-6,16H2,1H3. The van der Waals surface area contributed by atoms with E-state index < -0.39 is 0 Å². The Labute approximate surface area is 107 Å². The molecule has 1 aliphatic heterocycles. The Bertz CT molecular complexity index is 452. The van der Waals surface area contributed by atoms with E-state index in [0.717, 1.165) is 35.6 Å². The summed E-state index contributed by atoms with van der Waals surface area (Å²) in [5, 5.41) is 0.785. The average molecular weight is 252 g/mol. The quantitative estimate of drug-likeness (QED) is 0.830. The third kappa shape index (κ3) is 1.84. The minimum absolute atomic E-state index is 0.223. The predicted molar refractivity (Wildman–Crippen MR) is 69.6 cm³/mol. The lowest BCUT2D eigenvalue weighted by atomic mass is 9.87. The van der Waals surface area contributed by atoms with E-state index in [1.165, 1.54) is 18.4 Å². The van der Waals surface area contributed by atoms with Crippen molar-refractivity contribution in [3.63, 3.8) is 0 Å². The van der Waals surface area contributed by atoms with Crippen molar-refractivity contribution in [3.8, 4) is 5.75 Å². The van der Waals surface area contributed by atoms with E-state index in [9.17, 15) is 0 Å². The van der Waals surface area contributed by atoms with Gasteiger partial charge in [0.15, 0.2) is 0 Å². The molecule has 0 spiro atoms. The second kappa shape index (κ2) is 3.89. The molecule has 0 bridgehead atoms. The van der Waals surface area contributed by atoms with E-state index in [1.54, 1.807) is 0 Å². The van der Waals surface area contributed by atoms with Gasteiger partial charge in [0.25, 0.3) is 0 Å². The highest BCUT2D eigenvalue weighted by Crippen LogP contribution is 2.45. The van der Waals surface area contributed by atoms with Gasteiger partial charge in [0, 0.05) is 22.5 Å². The van der Waals surface area contributed by atoms with Crippen molar-refractivity contribution in [2.75, 3.05) is 0 Å². The summed E-state index contributed by atoms with van der Waals surface area (Å²) in [5.74, 6) is 1.01. The van der Waals surface area contributed by atoms with Gasteiger partial charge in [-0.25, -0.2) is 0 Å². The summed E-state index contributed by atoms with van der Waals surface area (Å²) in [4.78, 5) is 0. The Hall–Kier alpha value is -0.730. The van der Waals surface area contributed by atoms with E-state index in [-0.39, 0.29) is 11.6 Å². The third-order valence-corrected chi connectivity index (χ3v) is 4.21. The number of fused-ring (bicyclic) bond motifs is 1. The van der Waals surface area contributed by atoms with Crippen LogP contribution in [-0.4, -0.2) is 6.10 Å². The average Bonchev–Trinajstić information content (AvgIpc) is 2.83. The summed E-state index contributed by atoms with van der Waals surface area (Å²) in [6, 6.07) is 4.02. The fourth-order valence-electron chi connectivity index (χ4n) is 3.14. The summed E-state index contributed by atoms with van der Waals surface area (Å²) < 4.78 is 5.93. The van der Waals surface area contributed by atoms with E-state index >= 15 is 0 Å². The molecule has 1 aromatic carbocycles. The smallest absolute Gasteiger partial charge is 0.128 e. The first-order valence-electron chi connectivity index (χ1n) is 6.37. The highest BCUT2D eigenvalue weighted by atomic mass is 35.5. The van der Waals surface area contributed by atoms with E-state index in [0.29, 0.717) is 0 Å². The largest absolute Gasteiger partial charge is 0.490 e. The molecule has 92 valence electrons. The Kier molecular flexibility index (Phi) is 2.60. The number of hydrogen-bond acceptors (Lipinski definition) is 2. The van der Waals surface area contributed by atoms with Crippen LogP contribution in [0.15, 0.2) is 12.1 Å². The fraction of sp³-hybridized carbons (Fsp3) is 0.571. The summed E-state index contributed by atoms with van der Waals surface area (Å²) in [6.45, 7) is 2.09. The molecular formula is C14H18ClNO. The normalized spacial score (nSPS) is 25.7. The zero-order chi connectivity index (χ0) is 12.0. The van der Waals surface area contributed by atoms with Crippen molar-refractivity contribution in [3.05, 3.63) is 28.3 Å². The maximum atomic E-state index is 6.53. The van der Waals surface area contributed by atoms with Crippen molar-refractivity contribution >= 4 is 11.6 Å². The Morgan fingerprint density at radius 3 is 2.76 bits per heavy atom. The van der Waals surface area contributed by atoms with Gasteiger partial charge < -0.3 is 10.5 Å². The molecule has 3 heteroatoms. The van der Waals surface area contributed by atoms with Crippen molar-refractivity contribution in [1.29, 1.82) is 0 Å². The molecule has 17 heavy (non-hydrogen) atoms. The zero-order valence-corrected chi connectivity index (χ0v) is 10.9. The highest BCUT2D eigenvalue weighted by molar-refractivity contribution is 6.30. The van der Waals surface area contributed by atoms with Gasteiger partial charge in [-0.15, -0.1) is 0 Å². The van der Waals surface area contributed by atoms with Crippen molar-refractivity contribution < 1.29 is 4.74 Å². The number of ether oxygens (including phenoxy) is 1. The summed E-state index contributed by atoms with van der Waals surface area (Å²) >= 11 is 6.21. The highest BCUT2D eigenvalue weighted by Gasteiger charge is 2.37. The Balaban J connectivity index is 2.11. The van der Waals surface area contributed by atoms with Crippen LogP contribution in [0.2, 0.25) is 5.02 Å². The third-order valence-electron chi connectivity index (χ3n) is 3.99. The molecule has 3 rings (SSSR count). The molecule has 1 heterocycles. The van der Waals surface area contributed by atoms with Crippen molar-refractivity contribution in [2.45, 2.75) is 50.7 Å². The molecule has 0 radical (unpaired) electrons. The summed E-state index contributed by atoms with van der Waals surface area (Å²) in [6.07, 6.45) is 5.67. The fourth-order valence-corrected chi connectivity index (χ4v) is 3.38. The molecule has 0 amide bonds. The van der Waals surface area contributed by atoms with Crippen molar-refractivity contribution in [2.24, 2.45) is 5.73 Å². The Morgan fingerprint density at radius 2 is 2.06 bits per heavy atom. The lowest BCUT2D eigenvalue weighted by Crippen LogP contribution is -2.33. The predicted octanol–water partition coefficient (Wildman–Crippen LogP) is 3.39. The van der Waals surface area contributed by atoms with E-state index in [4.69, 9.17) is 22.1 Å². The first kappa shape index (κ1) is 11.4. The molecule has 1 fully saturated rings. The second-order valence-corrected chi connectivity index (χ2v) is 5.87. The minimum Gasteiger partial charge on any atom is -0.490 e. The molecule has 2 N–H and O–H groups in total. The van der Waals surface area contributed by atoms with Gasteiger partial charge in [-0.3, -0.25) is 0 Å². The lowest BCUT2D eigenvalue weighted by molar-refractivity contribution is 0.247. The summed E-state index contributed by atoms with van der Waals surface area (Å²) in [5.41, 5.74) is 8.65. The molecule has 0 saturated heterocycles. The van der Waals surface area contributed by atoms with Crippen LogP contribution in [-0.2, 0) is 12.0 Å². The maximum absolute atomic E-state index is 6.53. The molecule has 2 aliphatic rings. The number of benzene rings is 1.